The van der Waals surface area contributed by atoms with Crippen LogP contribution in [-0.4, -0.2) is 45.7 Å². The van der Waals surface area contributed by atoms with E-state index in [0.717, 1.165) is 19.4 Å². The van der Waals surface area contributed by atoms with E-state index in [4.69, 9.17) is 4.74 Å². The fourth-order valence-electron chi connectivity index (χ4n) is 2.29. The molecule has 1 atom stereocenters. The molecule has 6 nitrogen and oxygen atoms in total. The van der Waals surface area contributed by atoms with Crippen molar-refractivity contribution in [3.05, 3.63) is 24.5 Å². The minimum Gasteiger partial charge on any atom is -0.383 e. The Labute approximate surface area is 113 Å². The maximum Gasteiger partial charge on any atom is 0.242 e. The Hall–Kier alpha value is -1.02. The lowest BCUT2D eigenvalue weighted by Crippen LogP contribution is -2.52. The fraction of sp³-hybridized carbons (Fsp3) is 0.583. The molecule has 0 radical (unpaired) electrons. The number of hydrogen-bond donors (Lipinski definition) is 2. The summed E-state index contributed by atoms with van der Waals surface area (Å²) in [6.45, 7) is 1.69. The van der Waals surface area contributed by atoms with Crippen LogP contribution in [0.5, 0.6) is 0 Å². The second-order valence-electron chi connectivity index (χ2n) is 4.76. The highest BCUT2D eigenvalue weighted by Crippen LogP contribution is 2.19. The van der Waals surface area contributed by atoms with Gasteiger partial charge in [-0.05, 0) is 31.5 Å². The number of rotatable bonds is 6. The molecule has 0 aliphatic carbocycles. The third kappa shape index (κ3) is 3.50. The van der Waals surface area contributed by atoms with Crippen molar-refractivity contribution in [2.75, 3.05) is 26.8 Å². The molecule has 0 bridgehead atoms. The summed E-state index contributed by atoms with van der Waals surface area (Å²) < 4.78 is 32.1. The predicted molar refractivity (Wildman–Crippen MR) is 71.3 cm³/mol. The van der Waals surface area contributed by atoms with E-state index in [1.165, 1.54) is 12.3 Å². The zero-order valence-corrected chi connectivity index (χ0v) is 11.7. The summed E-state index contributed by atoms with van der Waals surface area (Å²) in [5.74, 6) is 0. The van der Waals surface area contributed by atoms with Crippen molar-refractivity contribution in [3.8, 4) is 0 Å². The van der Waals surface area contributed by atoms with Gasteiger partial charge in [-0.1, -0.05) is 0 Å². The summed E-state index contributed by atoms with van der Waals surface area (Å²) in [6.07, 6.45) is 4.81. The molecule has 1 aliphatic rings. The Morgan fingerprint density at radius 2 is 2.42 bits per heavy atom. The van der Waals surface area contributed by atoms with Crippen LogP contribution in [0.4, 0.5) is 0 Å². The Morgan fingerprint density at radius 1 is 1.58 bits per heavy atom. The largest absolute Gasteiger partial charge is 0.383 e. The summed E-state index contributed by atoms with van der Waals surface area (Å²) in [4.78, 5) is 4.01. The van der Waals surface area contributed by atoms with Gasteiger partial charge in [0.05, 0.1) is 12.1 Å². The number of ether oxygens (including phenoxy) is 1. The molecule has 19 heavy (non-hydrogen) atoms. The molecular weight excluding hydrogens is 266 g/mol. The van der Waals surface area contributed by atoms with E-state index >= 15 is 0 Å². The number of pyridine rings is 1. The molecule has 1 unspecified atom stereocenters. The number of nitrogens with zero attached hydrogens (tertiary/aromatic N) is 1. The van der Waals surface area contributed by atoms with Crippen LogP contribution in [0.2, 0.25) is 0 Å². The van der Waals surface area contributed by atoms with Gasteiger partial charge in [-0.2, -0.15) is 0 Å². The van der Waals surface area contributed by atoms with E-state index < -0.39 is 10.0 Å². The Balaban J connectivity index is 2.05. The van der Waals surface area contributed by atoms with Crippen molar-refractivity contribution < 1.29 is 13.2 Å². The van der Waals surface area contributed by atoms with Gasteiger partial charge in [0.15, 0.2) is 0 Å². The first-order valence-corrected chi connectivity index (χ1v) is 7.70. The van der Waals surface area contributed by atoms with Gasteiger partial charge in [0, 0.05) is 26.0 Å². The first-order valence-electron chi connectivity index (χ1n) is 6.22. The maximum atomic E-state index is 12.1. The summed E-state index contributed by atoms with van der Waals surface area (Å²) in [6, 6.07) is 3.13. The predicted octanol–water partition coefficient (Wildman–Crippen LogP) is 0.128. The lowest BCUT2D eigenvalue weighted by atomic mass is 9.99. The van der Waals surface area contributed by atoms with Crippen LogP contribution in [0.15, 0.2) is 29.4 Å². The molecule has 1 saturated heterocycles. The molecule has 1 aliphatic heterocycles. The number of nitrogens with one attached hydrogen (secondary N) is 2. The zero-order chi connectivity index (χ0) is 13.8. The smallest absolute Gasteiger partial charge is 0.242 e. The minimum atomic E-state index is -3.51. The van der Waals surface area contributed by atoms with Crippen LogP contribution in [-0.2, 0) is 14.8 Å². The van der Waals surface area contributed by atoms with Crippen LogP contribution < -0.4 is 10.0 Å². The highest BCUT2D eigenvalue weighted by Gasteiger charge is 2.34. The van der Waals surface area contributed by atoms with E-state index in [2.05, 4.69) is 15.0 Å². The Bertz CT molecular complexity index is 498. The highest BCUT2D eigenvalue weighted by atomic mass is 32.2. The van der Waals surface area contributed by atoms with Gasteiger partial charge >= 0.3 is 0 Å². The minimum absolute atomic E-state index is 0.181. The van der Waals surface area contributed by atoms with Gasteiger partial charge in [0.1, 0.15) is 4.90 Å². The molecule has 106 valence electrons. The van der Waals surface area contributed by atoms with Crippen LogP contribution in [0.1, 0.15) is 12.8 Å². The van der Waals surface area contributed by atoms with Crippen molar-refractivity contribution in [1.82, 2.24) is 15.0 Å². The molecule has 2 heterocycles. The van der Waals surface area contributed by atoms with Crippen LogP contribution in [0.25, 0.3) is 0 Å². The number of methoxy groups -OCH3 is 1. The number of sulfonamides is 1. The molecule has 1 fully saturated rings. The monoisotopic (exact) mass is 285 g/mol. The van der Waals surface area contributed by atoms with Crippen molar-refractivity contribution in [1.29, 1.82) is 0 Å². The number of aromatic nitrogens is 1. The van der Waals surface area contributed by atoms with Crippen molar-refractivity contribution in [2.45, 2.75) is 23.3 Å². The van der Waals surface area contributed by atoms with Gasteiger partial charge in [0.25, 0.3) is 0 Å². The molecule has 1 aromatic heterocycles. The molecule has 0 spiro atoms. The normalized spacial score (nSPS) is 23.6. The Kier molecular flexibility index (Phi) is 4.51. The molecule has 7 heteroatoms. The Morgan fingerprint density at radius 3 is 3.00 bits per heavy atom. The summed E-state index contributed by atoms with van der Waals surface area (Å²) in [5, 5.41) is 3.33. The van der Waals surface area contributed by atoms with E-state index in [1.54, 1.807) is 19.4 Å². The summed E-state index contributed by atoms with van der Waals surface area (Å²) in [7, 11) is -1.89. The molecule has 2 rings (SSSR count). The van der Waals surface area contributed by atoms with Crippen molar-refractivity contribution >= 4 is 10.0 Å². The van der Waals surface area contributed by atoms with Crippen molar-refractivity contribution in [2.24, 2.45) is 0 Å². The van der Waals surface area contributed by atoms with E-state index in [9.17, 15) is 8.42 Å². The third-order valence-electron chi connectivity index (χ3n) is 3.30. The molecule has 0 amide bonds. The number of hydrogen-bond acceptors (Lipinski definition) is 5. The second-order valence-corrected chi connectivity index (χ2v) is 6.52. The highest BCUT2D eigenvalue weighted by molar-refractivity contribution is 7.89. The van der Waals surface area contributed by atoms with E-state index in [1.807, 2.05) is 0 Å². The summed E-state index contributed by atoms with van der Waals surface area (Å²) >= 11 is 0. The lowest BCUT2D eigenvalue weighted by molar-refractivity contribution is 0.122. The first-order chi connectivity index (χ1) is 9.08. The molecular formula is C12H19N3O3S. The van der Waals surface area contributed by atoms with Crippen LogP contribution in [0.3, 0.4) is 0 Å². The molecule has 1 aromatic rings. The van der Waals surface area contributed by atoms with Gasteiger partial charge in [-0.3, -0.25) is 4.98 Å². The summed E-state index contributed by atoms with van der Waals surface area (Å²) in [5.41, 5.74) is -0.302. The molecule has 0 saturated carbocycles. The lowest BCUT2D eigenvalue weighted by Gasteiger charge is -2.28. The van der Waals surface area contributed by atoms with Gasteiger partial charge in [0.2, 0.25) is 10.0 Å². The van der Waals surface area contributed by atoms with E-state index in [0.29, 0.717) is 13.2 Å². The fourth-order valence-corrected chi connectivity index (χ4v) is 3.38. The van der Waals surface area contributed by atoms with E-state index in [-0.39, 0.29) is 10.4 Å². The van der Waals surface area contributed by atoms with Crippen LogP contribution in [0, 0.1) is 0 Å². The average Bonchev–Trinajstić information content (AvgIpc) is 2.87. The second kappa shape index (κ2) is 5.96. The van der Waals surface area contributed by atoms with Crippen LogP contribution >= 0.6 is 0 Å². The van der Waals surface area contributed by atoms with Gasteiger partial charge < -0.3 is 10.1 Å². The molecule has 0 aromatic carbocycles. The first kappa shape index (κ1) is 14.4. The van der Waals surface area contributed by atoms with Gasteiger partial charge in [-0.25, -0.2) is 13.1 Å². The topological polar surface area (TPSA) is 80.3 Å². The zero-order valence-electron chi connectivity index (χ0n) is 10.9. The average molecular weight is 285 g/mol. The third-order valence-corrected chi connectivity index (χ3v) is 4.68. The van der Waals surface area contributed by atoms with Crippen molar-refractivity contribution in [3.63, 3.8) is 0 Å². The standard InChI is InChI=1S/C12H19N3O3S/c1-18-10-12(5-3-7-14-12)9-15-19(16,17)11-4-2-6-13-8-11/h2,4,6,8,14-15H,3,5,7,9-10H2,1H3. The van der Waals surface area contributed by atoms with Gasteiger partial charge in [-0.15, -0.1) is 0 Å². The maximum absolute atomic E-state index is 12.1. The quantitative estimate of drug-likeness (QED) is 0.776. The SMILES string of the molecule is COCC1(CNS(=O)(=O)c2cccnc2)CCCN1. The molecule has 2 N–H and O–H groups in total.